The summed E-state index contributed by atoms with van der Waals surface area (Å²) in [7, 11) is 1.89. The lowest BCUT2D eigenvalue weighted by Gasteiger charge is -2.09. The van der Waals surface area contributed by atoms with E-state index in [1.807, 2.05) is 24.7 Å². The third-order valence-electron chi connectivity index (χ3n) is 1.79. The van der Waals surface area contributed by atoms with E-state index < -0.39 is 0 Å². The molecule has 1 amide bonds. The number of nitrogens with one attached hydrogen (secondary N) is 1. The second-order valence-electron chi connectivity index (χ2n) is 3.00. The molecule has 4 nitrogen and oxygen atoms in total. The quantitative estimate of drug-likeness (QED) is 0.602. The minimum atomic E-state index is -0.195. The van der Waals surface area contributed by atoms with Crippen LogP contribution < -0.4 is 5.32 Å². The topological polar surface area (TPSA) is 46.9 Å². The fraction of sp³-hybridized carbons (Fsp3) is 0.400. The maximum Gasteiger partial charge on any atom is 0.234 e. The summed E-state index contributed by atoms with van der Waals surface area (Å²) in [6.07, 6.45) is 8.59. The Morgan fingerprint density at radius 1 is 1.87 bits per heavy atom. The summed E-state index contributed by atoms with van der Waals surface area (Å²) in [6, 6.07) is 0. The highest BCUT2D eigenvalue weighted by Gasteiger charge is 2.15. The number of carbonyl (C=O) groups is 1. The van der Waals surface area contributed by atoms with E-state index >= 15 is 0 Å². The number of hydrogen-bond acceptors (Lipinski definition) is 3. The number of terminal acetylenes is 1. The molecule has 1 aromatic rings. The predicted octanol–water partition coefficient (Wildman–Crippen LogP) is 0.650. The molecule has 1 N–H and O–H groups in total. The van der Waals surface area contributed by atoms with Crippen LogP contribution in [-0.2, 0) is 11.8 Å². The normalized spacial score (nSPS) is 11.8. The molecule has 1 aromatic heterocycles. The predicted molar refractivity (Wildman–Crippen MR) is 60.4 cm³/mol. The second-order valence-corrected chi connectivity index (χ2v) is 4.31. The van der Waals surface area contributed by atoms with Gasteiger partial charge in [-0.3, -0.25) is 4.79 Å². The van der Waals surface area contributed by atoms with E-state index in [0.717, 1.165) is 5.16 Å². The van der Waals surface area contributed by atoms with Gasteiger partial charge in [0.15, 0.2) is 5.16 Å². The first kappa shape index (κ1) is 11.7. The van der Waals surface area contributed by atoms with Crippen molar-refractivity contribution in [3.8, 4) is 12.3 Å². The van der Waals surface area contributed by atoms with E-state index in [9.17, 15) is 4.79 Å². The van der Waals surface area contributed by atoms with Crippen molar-refractivity contribution in [2.24, 2.45) is 7.05 Å². The molecular weight excluding hydrogens is 210 g/mol. The highest BCUT2D eigenvalue weighted by Crippen LogP contribution is 2.20. The van der Waals surface area contributed by atoms with Gasteiger partial charge in [0.2, 0.25) is 5.91 Å². The fourth-order valence-electron chi connectivity index (χ4n) is 0.959. The Morgan fingerprint density at radius 2 is 2.60 bits per heavy atom. The van der Waals surface area contributed by atoms with Crippen LogP contribution in [0.3, 0.4) is 0 Å². The van der Waals surface area contributed by atoms with Gasteiger partial charge in [0.25, 0.3) is 0 Å². The van der Waals surface area contributed by atoms with Gasteiger partial charge >= 0.3 is 0 Å². The number of aryl methyl sites for hydroxylation is 1. The van der Waals surface area contributed by atoms with E-state index in [-0.39, 0.29) is 17.7 Å². The maximum absolute atomic E-state index is 11.5. The molecule has 0 radical (unpaired) electrons. The molecule has 0 bridgehead atoms. The van der Waals surface area contributed by atoms with Crippen molar-refractivity contribution in [3.63, 3.8) is 0 Å². The molecule has 0 fully saturated rings. The van der Waals surface area contributed by atoms with E-state index in [1.54, 1.807) is 6.20 Å². The Hall–Kier alpha value is -1.41. The monoisotopic (exact) mass is 223 g/mol. The van der Waals surface area contributed by atoms with Crippen molar-refractivity contribution in [1.82, 2.24) is 14.9 Å². The molecule has 5 heteroatoms. The fourth-order valence-corrected chi connectivity index (χ4v) is 1.81. The van der Waals surface area contributed by atoms with Crippen molar-refractivity contribution in [2.45, 2.75) is 17.3 Å². The third-order valence-corrected chi connectivity index (χ3v) is 2.96. The Kier molecular flexibility index (Phi) is 4.25. The van der Waals surface area contributed by atoms with E-state index in [1.165, 1.54) is 11.8 Å². The highest BCUT2D eigenvalue weighted by atomic mass is 32.2. The molecule has 0 aliphatic heterocycles. The summed E-state index contributed by atoms with van der Waals surface area (Å²) >= 11 is 1.41. The molecular formula is C10H13N3OS. The molecule has 1 rings (SSSR count). The van der Waals surface area contributed by atoms with Crippen molar-refractivity contribution in [3.05, 3.63) is 12.4 Å². The van der Waals surface area contributed by atoms with Crippen molar-refractivity contribution < 1.29 is 4.79 Å². The molecule has 0 aliphatic carbocycles. The molecule has 0 saturated carbocycles. The molecule has 0 saturated heterocycles. The van der Waals surface area contributed by atoms with Crippen LogP contribution in [-0.4, -0.2) is 27.3 Å². The number of aromatic nitrogens is 2. The molecule has 0 aliphatic rings. The van der Waals surface area contributed by atoms with E-state index in [4.69, 9.17) is 6.42 Å². The molecule has 1 heterocycles. The van der Waals surface area contributed by atoms with E-state index in [2.05, 4.69) is 16.2 Å². The lowest BCUT2D eigenvalue weighted by Crippen LogP contribution is -2.31. The summed E-state index contributed by atoms with van der Waals surface area (Å²) in [5, 5.41) is 3.25. The summed E-state index contributed by atoms with van der Waals surface area (Å²) in [5.41, 5.74) is 0. The average molecular weight is 223 g/mol. The molecule has 0 aromatic carbocycles. The van der Waals surface area contributed by atoms with Gasteiger partial charge in [-0.1, -0.05) is 17.7 Å². The van der Waals surface area contributed by atoms with Crippen LogP contribution in [0.25, 0.3) is 0 Å². The standard InChI is InChI=1S/C10H13N3OS/c1-4-5-11-9(14)8(2)15-10-12-6-7-13(10)3/h1,6-8H,5H2,2-3H3,(H,11,14). The van der Waals surface area contributed by atoms with E-state index in [0.29, 0.717) is 0 Å². The van der Waals surface area contributed by atoms with Gasteiger partial charge in [0.1, 0.15) is 0 Å². The van der Waals surface area contributed by atoms with Crippen molar-refractivity contribution in [2.75, 3.05) is 6.54 Å². The number of rotatable bonds is 4. The zero-order valence-corrected chi connectivity index (χ0v) is 9.54. The Morgan fingerprint density at radius 3 is 3.13 bits per heavy atom. The molecule has 0 spiro atoms. The SMILES string of the molecule is C#CCNC(=O)C(C)Sc1nccn1C. The van der Waals surface area contributed by atoms with Crippen LogP contribution in [0.2, 0.25) is 0 Å². The first-order chi connectivity index (χ1) is 7.15. The van der Waals surface area contributed by atoms with Gasteiger partial charge in [-0.25, -0.2) is 4.98 Å². The summed E-state index contributed by atoms with van der Waals surface area (Å²) in [4.78, 5) is 15.6. The minimum absolute atomic E-state index is 0.0686. The number of amides is 1. The number of imidazole rings is 1. The number of carbonyl (C=O) groups excluding carboxylic acids is 1. The van der Waals surface area contributed by atoms with Gasteiger partial charge in [-0.15, -0.1) is 6.42 Å². The average Bonchev–Trinajstić information content (AvgIpc) is 2.61. The zero-order valence-electron chi connectivity index (χ0n) is 8.73. The lowest BCUT2D eigenvalue weighted by atomic mass is 10.4. The van der Waals surface area contributed by atoms with Crippen molar-refractivity contribution >= 4 is 17.7 Å². The van der Waals surface area contributed by atoms with Crippen LogP contribution in [0.4, 0.5) is 0 Å². The minimum Gasteiger partial charge on any atom is -0.344 e. The first-order valence-corrected chi connectivity index (χ1v) is 5.38. The van der Waals surface area contributed by atoms with Gasteiger partial charge in [-0.05, 0) is 6.92 Å². The number of nitrogens with zero attached hydrogens (tertiary/aromatic N) is 2. The number of thioether (sulfide) groups is 1. The van der Waals surface area contributed by atoms with Crippen LogP contribution in [0.1, 0.15) is 6.92 Å². The highest BCUT2D eigenvalue weighted by molar-refractivity contribution is 8.00. The first-order valence-electron chi connectivity index (χ1n) is 4.50. The van der Waals surface area contributed by atoms with Crippen molar-refractivity contribution in [1.29, 1.82) is 0 Å². The summed E-state index contributed by atoms with van der Waals surface area (Å²) in [5.74, 6) is 2.29. The van der Waals surface area contributed by atoms with Crippen LogP contribution in [0.15, 0.2) is 17.6 Å². The maximum atomic E-state index is 11.5. The van der Waals surface area contributed by atoms with Crippen LogP contribution >= 0.6 is 11.8 Å². The Balaban J connectivity index is 2.49. The third kappa shape index (κ3) is 3.33. The smallest absolute Gasteiger partial charge is 0.234 e. The van der Waals surface area contributed by atoms with Gasteiger partial charge in [-0.2, -0.15) is 0 Å². The van der Waals surface area contributed by atoms with Gasteiger partial charge in [0, 0.05) is 19.4 Å². The second kappa shape index (κ2) is 5.47. The Labute approximate surface area is 93.5 Å². The summed E-state index contributed by atoms with van der Waals surface area (Å²) in [6.45, 7) is 2.09. The largest absolute Gasteiger partial charge is 0.344 e. The molecule has 15 heavy (non-hydrogen) atoms. The molecule has 1 unspecified atom stereocenters. The molecule has 80 valence electrons. The summed E-state index contributed by atoms with van der Waals surface area (Å²) < 4.78 is 1.87. The molecule has 1 atom stereocenters. The van der Waals surface area contributed by atoms with Gasteiger partial charge < -0.3 is 9.88 Å². The van der Waals surface area contributed by atoms with Crippen LogP contribution in [0.5, 0.6) is 0 Å². The Bertz CT molecular complexity index is 380. The number of hydrogen-bond donors (Lipinski definition) is 1. The zero-order chi connectivity index (χ0) is 11.3. The van der Waals surface area contributed by atoms with Crippen LogP contribution in [0, 0.1) is 12.3 Å². The lowest BCUT2D eigenvalue weighted by molar-refractivity contribution is -0.120. The van der Waals surface area contributed by atoms with Gasteiger partial charge in [0.05, 0.1) is 11.8 Å².